The first-order valence-corrected chi connectivity index (χ1v) is 4.26. The minimum atomic E-state index is -1.01. The van der Waals surface area contributed by atoms with Gasteiger partial charge in [0.15, 0.2) is 3.92 Å². The van der Waals surface area contributed by atoms with Crippen LogP contribution in [0.25, 0.3) is 5.57 Å². The summed E-state index contributed by atoms with van der Waals surface area (Å²) in [5, 5.41) is 8.51. The first kappa shape index (κ1) is 8.42. The monoisotopic (exact) mass is 233 g/mol. The van der Waals surface area contributed by atoms with Gasteiger partial charge in [0.2, 0.25) is 0 Å². The minimum absolute atomic E-state index is 0.0770. The van der Waals surface area contributed by atoms with Gasteiger partial charge >= 0.3 is 5.97 Å². The number of aromatic nitrogens is 1. The van der Waals surface area contributed by atoms with Crippen molar-refractivity contribution in [1.82, 2.24) is 4.98 Å². The molecule has 0 bridgehead atoms. The minimum Gasteiger partial charge on any atom is -0.478 e. The summed E-state index contributed by atoms with van der Waals surface area (Å²) in [6.07, 6.45) is 1.48. The summed E-state index contributed by atoms with van der Waals surface area (Å²) in [7, 11) is 0. The molecule has 0 saturated carbocycles. The summed E-state index contributed by atoms with van der Waals surface area (Å²) in [4.78, 5) is 14.8. The zero-order chi connectivity index (χ0) is 8.43. The van der Waals surface area contributed by atoms with E-state index in [0.29, 0.717) is 8.79 Å². The first-order chi connectivity index (χ1) is 5.11. The van der Waals surface area contributed by atoms with E-state index in [9.17, 15) is 4.79 Å². The Morgan fingerprint density at radius 2 is 2.45 bits per heavy atom. The molecular weight excluding hydrogens is 230 g/mol. The largest absolute Gasteiger partial charge is 0.478 e. The lowest BCUT2D eigenvalue weighted by Crippen LogP contribution is -1.95. The molecule has 0 aliphatic carbocycles. The molecule has 1 rings (SSSR count). The van der Waals surface area contributed by atoms with Crippen LogP contribution in [0, 0.1) is 0 Å². The van der Waals surface area contributed by atoms with Crippen LogP contribution in [0.5, 0.6) is 0 Å². The smallest absolute Gasteiger partial charge is 0.336 e. The SMILES string of the molecule is C=C(C(=O)O)c1cnc(Br)s1. The predicted octanol–water partition coefficient (Wildman–Crippen LogP) is 2.00. The molecule has 0 amide bonds. The Labute approximate surface area is 75.5 Å². The van der Waals surface area contributed by atoms with Crippen LogP contribution >= 0.6 is 27.3 Å². The summed E-state index contributed by atoms with van der Waals surface area (Å²) < 4.78 is 0.662. The van der Waals surface area contributed by atoms with Crippen LogP contribution in [0.4, 0.5) is 0 Å². The number of rotatable bonds is 2. The van der Waals surface area contributed by atoms with Crippen molar-refractivity contribution in [3.8, 4) is 0 Å². The highest BCUT2D eigenvalue weighted by Crippen LogP contribution is 2.24. The molecule has 0 saturated heterocycles. The number of nitrogens with zero attached hydrogens (tertiary/aromatic N) is 1. The fraction of sp³-hybridized carbons (Fsp3) is 0. The Hall–Kier alpha value is -0.680. The van der Waals surface area contributed by atoms with E-state index in [2.05, 4.69) is 27.5 Å². The Morgan fingerprint density at radius 3 is 2.82 bits per heavy atom. The average Bonchev–Trinajstić information content (AvgIpc) is 2.34. The molecule has 0 unspecified atom stereocenters. The second-order valence-corrected chi connectivity index (χ2v) is 4.07. The third-order valence-electron chi connectivity index (χ3n) is 1.03. The molecule has 0 radical (unpaired) electrons. The molecule has 1 aromatic heterocycles. The van der Waals surface area contributed by atoms with E-state index >= 15 is 0 Å². The van der Waals surface area contributed by atoms with Gasteiger partial charge in [-0.05, 0) is 15.9 Å². The zero-order valence-corrected chi connectivity index (χ0v) is 7.78. The normalized spacial score (nSPS) is 9.55. The summed E-state index contributed by atoms with van der Waals surface area (Å²) in [6.45, 7) is 3.39. The van der Waals surface area contributed by atoms with Gasteiger partial charge in [-0.25, -0.2) is 9.78 Å². The Balaban J connectivity index is 2.94. The van der Waals surface area contributed by atoms with Gasteiger partial charge in [0, 0.05) is 6.20 Å². The molecule has 5 heteroatoms. The number of carboxylic acids is 1. The van der Waals surface area contributed by atoms with E-state index in [1.807, 2.05) is 0 Å². The third kappa shape index (κ3) is 1.87. The highest BCUT2D eigenvalue weighted by molar-refractivity contribution is 9.11. The lowest BCUT2D eigenvalue weighted by atomic mass is 10.3. The molecule has 58 valence electrons. The average molecular weight is 234 g/mol. The standard InChI is InChI=1S/C6H4BrNO2S/c1-3(5(9)10)4-2-8-6(7)11-4/h2H,1H2,(H,9,10). The van der Waals surface area contributed by atoms with Crippen molar-refractivity contribution in [3.05, 3.63) is 21.6 Å². The highest BCUT2D eigenvalue weighted by atomic mass is 79.9. The maximum absolute atomic E-state index is 10.4. The molecule has 11 heavy (non-hydrogen) atoms. The van der Waals surface area contributed by atoms with Gasteiger partial charge in [0.05, 0.1) is 10.5 Å². The molecule has 0 spiro atoms. The van der Waals surface area contributed by atoms with Gasteiger partial charge in [0.1, 0.15) is 0 Å². The molecule has 0 aromatic carbocycles. The van der Waals surface area contributed by atoms with Gasteiger partial charge in [0.25, 0.3) is 0 Å². The molecule has 3 nitrogen and oxygen atoms in total. The molecule has 0 aliphatic heterocycles. The van der Waals surface area contributed by atoms with Gasteiger partial charge < -0.3 is 5.11 Å². The topological polar surface area (TPSA) is 50.2 Å². The van der Waals surface area contributed by atoms with Crippen LogP contribution in [0.1, 0.15) is 4.88 Å². The molecular formula is C6H4BrNO2S. The van der Waals surface area contributed by atoms with E-state index in [1.165, 1.54) is 17.5 Å². The molecule has 0 aliphatic rings. The van der Waals surface area contributed by atoms with Gasteiger partial charge in [-0.1, -0.05) is 6.58 Å². The van der Waals surface area contributed by atoms with Crippen LogP contribution in [0.3, 0.4) is 0 Å². The van der Waals surface area contributed by atoms with Crippen molar-refractivity contribution in [2.45, 2.75) is 0 Å². The summed E-state index contributed by atoms with van der Waals surface area (Å²) in [5.74, 6) is -1.01. The maximum Gasteiger partial charge on any atom is 0.336 e. The number of halogens is 1. The second kappa shape index (κ2) is 3.15. The van der Waals surface area contributed by atoms with Crippen molar-refractivity contribution >= 4 is 38.8 Å². The van der Waals surface area contributed by atoms with Crippen molar-refractivity contribution in [2.75, 3.05) is 0 Å². The van der Waals surface area contributed by atoms with E-state index in [0.717, 1.165) is 0 Å². The van der Waals surface area contributed by atoms with Crippen molar-refractivity contribution in [2.24, 2.45) is 0 Å². The molecule has 1 N–H and O–H groups in total. The van der Waals surface area contributed by atoms with Crippen molar-refractivity contribution in [1.29, 1.82) is 0 Å². The number of aliphatic carboxylic acids is 1. The van der Waals surface area contributed by atoms with E-state index < -0.39 is 5.97 Å². The summed E-state index contributed by atoms with van der Waals surface area (Å²) in [6, 6.07) is 0. The Bertz CT molecular complexity index is 307. The fourth-order valence-corrected chi connectivity index (χ4v) is 1.73. The lowest BCUT2D eigenvalue weighted by molar-refractivity contribution is -0.130. The first-order valence-electron chi connectivity index (χ1n) is 2.65. The van der Waals surface area contributed by atoms with Crippen LogP contribution in [0.2, 0.25) is 0 Å². The van der Waals surface area contributed by atoms with Gasteiger partial charge in [-0.3, -0.25) is 0 Å². The molecule has 0 fully saturated rings. The second-order valence-electron chi connectivity index (χ2n) is 1.76. The Morgan fingerprint density at radius 1 is 1.82 bits per heavy atom. The molecule has 0 atom stereocenters. The molecule has 1 heterocycles. The Kier molecular flexibility index (Phi) is 2.41. The van der Waals surface area contributed by atoms with Crippen LogP contribution in [0.15, 0.2) is 16.7 Å². The van der Waals surface area contributed by atoms with Crippen LogP contribution in [-0.2, 0) is 4.79 Å². The van der Waals surface area contributed by atoms with E-state index in [1.54, 1.807) is 0 Å². The zero-order valence-electron chi connectivity index (χ0n) is 5.37. The number of thiazole rings is 1. The lowest BCUT2D eigenvalue weighted by Gasteiger charge is -1.90. The van der Waals surface area contributed by atoms with Gasteiger partial charge in [-0.2, -0.15) is 0 Å². The third-order valence-corrected chi connectivity index (χ3v) is 2.57. The number of hydrogen-bond donors (Lipinski definition) is 1. The van der Waals surface area contributed by atoms with Crippen LogP contribution < -0.4 is 0 Å². The number of carboxylic acid groups (broad SMARTS) is 1. The predicted molar refractivity (Wildman–Crippen MR) is 46.5 cm³/mol. The molecule has 1 aromatic rings. The summed E-state index contributed by atoms with van der Waals surface area (Å²) >= 11 is 4.37. The summed E-state index contributed by atoms with van der Waals surface area (Å²) in [5.41, 5.74) is 0.0770. The van der Waals surface area contributed by atoms with Crippen molar-refractivity contribution in [3.63, 3.8) is 0 Å². The van der Waals surface area contributed by atoms with E-state index in [4.69, 9.17) is 5.11 Å². The van der Waals surface area contributed by atoms with Gasteiger partial charge in [-0.15, -0.1) is 11.3 Å². The maximum atomic E-state index is 10.4. The van der Waals surface area contributed by atoms with E-state index in [-0.39, 0.29) is 5.57 Å². The quantitative estimate of drug-likeness (QED) is 0.796. The fourth-order valence-electron chi connectivity index (χ4n) is 0.498. The van der Waals surface area contributed by atoms with Crippen molar-refractivity contribution < 1.29 is 9.90 Å². The van der Waals surface area contributed by atoms with Crippen LogP contribution in [-0.4, -0.2) is 16.1 Å². The highest BCUT2D eigenvalue weighted by Gasteiger charge is 2.09. The number of carbonyl (C=O) groups is 1. The number of hydrogen-bond acceptors (Lipinski definition) is 3.